The minimum Gasteiger partial charge on any atom is -0.370 e. The SMILES string of the molecule is CCC1COC(c2cccc(Cl)c2)C(C)N1. The molecule has 0 aromatic heterocycles. The summed E-state index contributed by atoms with van der Waals surface area (Å²) in [6.45, 7) is 5.11. The molecule has 1 heterocycles. The molecule has 0 radical (unpaired) electrons. The molecule has 1 aromatic rings. The van der Waals surface area contributed by atoms with Gasteiger partial charge in [0, 0.05) is 17.1 Å². The first kappa shape index (κ1) is 11.9. The van der Waals surface area contributed by atoms with Crippen LogP contribution in [0.4, 0.5) is 0 Å². The van der Waals surface area contributed by atoms with Gasteiger partial charge in [-0.25, -0.2) is 0 Å². The number of nitrogens with one attached hydrogen (secondary N) is 1. The van der Waals surface area contributed by atoms with E-state index < -0.39 is 0 Å². The Morgan fingerprint density at radius 3 is 2.94 bits per heavy atom. The molecule has 16 heavy (non-hydrogen) atoms. The fourth-order valence-electron chi connectivity index (χ4n) is 2.18. The van der Waals surface area contributed by atoms with Gasteiger partial charge in [0.1, 0.15) is 0 Å². The largest absolute Gasteiger partial charge is 0.370 e. The second-order valence-electron chi connectivity index (χ2n) is 4.37. The number of ether oxygens (including phenoxy) is 1. The van der Waals surface area contributed by atoms with E-state index in [1.807, 2.05) is 18.2 Å². The van der Waals surface area contributed by atoms with E-state index in [2.05, 4.69) is 25.2 Å². The van der Waals surface area contributed by atoms with E-state index in [1.54, 1.807) is 0 Å². The van der Waals surface area contributed by atoms with Crippen LogP contribution >= 0.6 is 11.6 Å². The number of halogens is 1. The van der Waals surface area contributed by atoms with Crippen LogP contribution in [0, 0.1) is 0 Å². The highest BCUT2D eigenvalue weighted by Gasteiger charge is 2.27. The van der Waals surface area contributed by atoms with Crippen molar-refractivity contribution in [3.8, 4) is 0 Å². The second-order valence-corrected chi connectivity index (χ2v) is 4.81. The highest BCUT2D eigenvalue weighted by Crippen LogP contribution is 2.27. The summed E-state index contributed by atoms with van der Waals surface area (Å²) >= 11 is 5.99. The standard InChI is InChI=1S/C13H18ClNO/c1-3-12-8-16-13(9(2)15-12)10-5-4-6-11(14)7-10/h4-7,9,12-13,15H,3,8H2,1-2H3. The van der Waals surface area contributed by atoms with Gasteiger partial charge in [-0.3, -0.25) is 0 Å². The zero-order chi connectivity index (χ0) is 11.5. The third kappa shape index (κ3) is 2.57. The van der Waals surface area contributed by atoms with Gasteiger partial charge in [-0.05, 0) is 31.0 Å². The average Bonchev–Trinajstić information content (AvgIpc) is 2.28. The van der Waals surface area contributed by atoms with Gasteiger partial charge >= 0.3 is 0 Å². The van der Waals surface area contributed by atoms with Crippen molar-refractivity contribution in [3.63, 3.8) is 0 Å². The summed E-state index contributed by atoms with van der Waals surface area (Å²) in [5.74, 6) is 0. The molecule has 1 N–H and O–H groups in total. The van der Waals surface area contributed by atoms with Crippen molar-refractivity contribution in [2.75, 3.05) is 6.61 Å². The highest BCUT2D eigenvalue weighted by molar-refractivity contribution is 6.30. The summed E-state index contributed by atoms with van der Waals surface area (Å²) in [6.07, 6.45) is 1.22. The lowest BCUT2D eigenvalue weighted by atomic mass is 10.00. The van der Waals surface area contributed by atoms with Crippen molar-refractivity contribution in [3.05, 3.63) is 34.9 Å². The van der Waals surface area contributed by atoms with Gasteiger partial charge in [-0.1, -0.05) is 30.7 Å². The van der Waals surface area contributed by atoms with Crippen LogP contribution in [-0.2, 0) is 4.74 Å². The van der Waals surface area contributed by atoms with E-state index in [4.69, 9.17) is 16.3 Å². The number of rotatable bonds is 2. The summed E-state index contributed by atoms with van der Waals surface area (Å²) in [5.41, 5.74) is 1.15. The Kier molecular flexibility index (Phi) is 3.85. The fraction of sp³-hybridized carbons (Fsp3) is 0.538. The lowest BCUT2D eigenvalue weighted by Crippen LogP contribution is -2.48. The minimum absolute atomic E-state index is 0.112. The summed E-state index contributed by atoms with van der Waals surface area (Å²) < 4.78 is 5.91. The number of morpholine rings is 1. The maximum absolute atomic E-state index is 5.99. The Labute approximate surface area is 102 Å². The zero-order valence-electron chi connectivity index (χ0n) is 9.74. The van der Waals surface area contributed by atoms with Crippen molar-refractivity contribution in [2.24, 2.45) is 0 Å². The molecule has 2 rings (SSSR count). The van der Waals surface area contributed by atoms with Crippen molar-refractivity contribution in [1.82, 2.24) is 5.32 Å². The maximum atomic E-state index is 5.99. The quantitative estimate of drug-likeness (QED) is 0.856. The molecule has 0 spiro atoms. The summed E-state index contributed by atoms with van der Waals surface area (Å²) in [4.78, 5) is 0. The third-order valence-corrected chi connectivity index (χ3v) is 3.33. The van der Waals surface area contributed by atoms with Gasteiger partial charge in [0.25, 0.3) is 0 Å². The molecule has 1 saturated heterocycles. The molecule has 0 amide bonds. The molecule has 3 unspecified atom stereocenters. The fourth-order valence-corrected chi connectivity index (χ4v) is 2.37. The monoisotopic (exact) mass is 239 g/mol. The predicted octanol–water partition coefficient (Wildman–Crippen LogP) is 3.17. The zero-order valence-corrected chi connectivity index (χ0v) is 10.5. The first-order valence-corrected chi connectivity index (χ1v) is 6.21. The smallest absolute Gasteiger partial charge is 0.0976 e. The van der Waals surface area contributed by atoms with E-state index in [0.717, 1.165) is 23.6 Å². The molecule has 0 aliphatic carbocycles. The maximum Gasteiger partial charge on any atom is 0.0976 e. The van der Waals surface area contributed by atoms with Crippen LogP contribution in [0.1, 0.15) is 31.9 Å². The second kappa shape index (κ2) is 5.17. The van der Waals surface area contributed by atoms with Gasteiger partial charge < -0.3 is 10.1 Å². The Morgan fingerprint density at radius 1 is 1.50 bits per heavy atom. The number of benzene rings is 1. The van der Waals surface area contributed by atoms with Crippen LogP contribution in [0.5, 0.6) is 0 Å². The van der Waals surface area contributed by atoms with Gasteiger partial charge in [0.2, 0.25) is 0 Å². The van der Waals surface area contributed by atoms with Crippen molar-refractivity contribution < 1.29 is 4.74 Å². The van der Waals surface area contributed by atoms with Crippen LogP contribution < -0.4 is 5.32 Å². The van der Waals surface area contributed by atoms with Crippen LogP contribution in [0.3, 0.4) is 0 Å². The highest BCUT2D eigenvalue weighted by atomic mass is 35.5. The van der Waals surface area contributed by atoms with E-state index in [-0.39, 0.29) is 6.10 Å². The summed E-state index contributed by atoms with van der Waals surface area (Å²) in [5, 5.41) is 4.34. The van der Waals surface area contributed by atoms with Crippen LogP contribution in [0.2, 0.25) is 5.02 Å². The van der Waals surface area contributed by atoms with Crippen LogP contribution in [0.15, 0.2) is 24.3 Å². The topological polar surface area (TPSA) is 21.3 Å². The summed E-state index contributed by atoms with van der Waals surface area (Å²) in [7, 11) is 0. The van der Waals surface area contributed by atoms with Crippen molar-refractivity contribution in [2.45, 2.75) is 38.5 Å². The molecule has 1 aliphatic heterocycles. The van der Waals surface area contributed by atoms with Crippen LogP contribution in [0.25, 0.3) is 0 Å². The predicted molar refractivity (Wildman–Crippen MR) is 66.8 cm³/mol. The van der Waals surface area contributed by atoms with Gasteiger partial charge in [0.05, 0.1) is 12.7 Å². The Hall–Kier alpha value is -0.570. The Morgan fingerprint density at radius 2 is 2.31 bits per heavy atom. The van der Waals surface area contributed by atoms with E-state index in [9.17, 15) is 0 Å². The van der Waals surface area contributed by atoms with Crippen molar-refractivity contribution in [1.29, 1.82) is 0 Å². The normalized spacial score (nSPS) is 30.3. The van der Waals surface area contributed by atoms with Gasteiger partial charge in [0.15, 0.2) is 0 Å². The average molecular weight is 240 g/mol. The van der Waals surface area contributed by atoms with E-state index in [0.29, 0.717) is 12.1 Å². The minimum atomic E-state index is 0.112. The molecule has 1 aromatic carbocycles. The van der Waals surface area contributed by atoms with E-state index >= 15 is 0 Å². The molecule has 88 valence electrons. The lowest BCUT2D eigenvalue weighted by molar-refractivity contribution is -0.0251. The van der Waals surface area contributed by atoms with Crippen LogP contribution in [-0.4, -0.2) is 18.7 Å². The molecule has 3 heteroatoms. The molecule has 0 saturated carbocycles. The molecular weight excluding hydrogens is 222 g/mol. The molecule has 2 nitrogen and oxygen atoms in total. The molecule has 0 bridgehead atoms. The summed E-state index contributed by atoms with van der Waals surface area (Å²) in [6, 6.07) is 8.72. The Bertz CT molecular complexity index is 356. The lowest BCUT2D eigenvalue weighted by Gasteiger charge is -2.35. The molecule has 1 fully saturated rings. The third-order valence-electron chi connectivity index (χ3n) is 3.10. The first-order valence-electron chi connectivity index (χ1n) is 5.84. The Balaban J connectivity index is 2.11. The first-order chi connectivity index (χ1) is 7.70. The number of hydrogen-bond acceptors (Lipinski definition) is 2. The molecule has 1 aliphatic rings. The molecular formula is C13H18ClNO. The molecule has 3 atom stereocenters. The van der Waals surface area contributed by atoms with Crippen molar-refractivity contribution >= 4 is 11.6 Å². The van der Waals surface area contributed by atoms with Gasteiger partial charge in [-0.15, -0.1) is 0 Å². The van der Waals surface area contributed by atoms with E-state index in [1.165, 1.54) is 0 Å². The van der Waals surface area contributed by atoms with Gasteiger partial charge in [-0.2, -0.15) is 0 Å². The number of hydrogen-bond donors (Lipinski definition) is 1.